The van der Waals surface area contributed by atoms with Crippen molar-refractivity contribution in [3.05, 3.63) is 66.5 Å². The van der Waals surface area contributed by atoms with E-state index in [0.717, 1.165) is 10.8 Å². The number of ketones is 1. The van der Waals surface area contributed by atoms with E-state index >= 15 is 0 Å². The van der Waals surface area contributed by atoms with Crippen LogP contribution in [-0.4, -0.2) is 15.3 Å². The molecule has 1 heterocycles. The number of hydrogen-bond acceptors (Lipinski definition) is 2. The molecule has 3 nitrogen and oxygen atoms in total. The second-order valence-corrected chi connectivity index (χ2v) is 4.36. The van der Waals surface area contributed by atoms with Gasteiger partial charge in [0.25, 0.3) is 0 Å². The van der Waals surface area contributed by atoms with Gasteiger partial charge in [0, 0.05) is 18.0 Å². The van der Waals surface area contributed by atoms with Gasteiger partial charge in [0.15, 0.2) is 5.78 Å². The monoisotopic (exact) mass is 254 g/mol. The van der Waals surface area contributed by atoms with E-state index < -0.39 is 0 Å². The third-order valence-corrected chi connectivity index (χ3v) is 3.01. The van der Waals surface area contributed by atoms with Crippen LogP contribution in [0, 0.1) is 5.82 Å². The van der Waals surface area contributed by atoms with Gasteiger partial charge in [-0.25, -0.2) is 9.37 Å². The molecule has 0 atom stereocenters. The minimum Gasteiger partial charge on any atom is -0.330 e. The molecule has 0 aliphatic carbocycles. The lowest BCUT2D eigenvalue weighted by Gasteiger charge is -2.04. The van der Waals surface area contributed by atoms with Crippen molar-refractivity contribution in [2.24, 2.45) is 0 Å². The molecular weight excluding hydrogens is 243 g/mol. The molecule has 2 aromatic carbocycles. The molecule has 0 fully saturated rings. The van der Waals surface area contributed by atoms with Gasteiger partial charge >= 0.3 is 0 Å². The van der Waals surface area contributed by atoms with Crippen molar-refractivity contribution in [2.45, 2.75) is 6.54 Å². The van der Waals surface area contributed by atoms with Crippen LogP contribution in [0.1, 0.15) is 10.4 Å². The number of nitrogens with zero attached hydrogens (tertiary/aromatic N) is 2. The molecule has 3 aromatic rings. The first kappa shape index (κ1) is 11.6. The topological polar surface area (TPSA) is 34.9 Å². The molecule has 0 aliphatic heterocycles. The van der Waals surface area contributed by atoms with Crippen molar-refractivity contribution < 1.29 is 9.18 Å². The highest BCUT2D eigenvalue weighted by molar-refractivity contribution is 5.99. The van der Waals surface area contributed by atoms with Crippen molar-refractivity contribution in [3.63, 3.8) is 0 Å². The molecule has 0 bridgehead atoms. The van der Waals surface area contributed by atoms with Crippen molar-refractivity contribution in [2.75, 3.05) is 0 Å². The zero-order chi connectivity index (χ0) is 13.2. The van der Waals surface area contributed by atoms with E-state index in [2.05, 4.69) is 4.98 Å². The van der Waals surface area contributed by atoms with E-state index in [-0.39, 0.29) is 18.1 Å². The van der Waals surface area contributed by atoms with Crippen LogP contribution in [0.4, 0.5) is 4.39 Å². The molecule has 19 heavy (non-hydrogen) atoms. The molecule has 0 radical (unpaired) electrons. The summed E-state index contributed by atoms with van der Waals surface area (Å²) in [6, 6.07) is 9.80. The Hall–Kier alpha value is -2.49. The van der Waals surface area contributed by atoms with Crippen molar-refractivity contribution in [1.29, 1.82) is 0 Å². The predicted molar refractivity (Wildman–Crippen MR) is 70.5 cm³/mol. The molecule has 1 aromatic heterocycles. The van der Waals surface area contributed by atoms with Gasteiger partial charge < -0.3 is 4.57 Å². The minimum absolute atomic E-state index is 0.00391. The number of imidazole rings is 1. The van der Waals surface area contributed by atoms with Crippen LogP contribution in [0.2, 0.25) is 0 Å². The second kappa shape index (κ2) is 4.65. The lowest BCUT2D eigenvalue weighted by Crippen LogP contribution is -2.08. The van der Waals surface area contributed by atoms with Crippen molar-refractivity contribution in [1.82, 2.24) is 9.55 Å². The van der Waals surface area contributed by atoms with Gasteiger partial charge in [0.2, 0.25) is 0 Å². The summed E-state index contributed by atoms with van der Waals surface area (Å²) in [6.07, 6.45) is 4.99. The van der Waals surface area contributed by atoms with Gasteiger partial charge in [-0.3, -0.25) is 4.79 Å². The van der Waals surface area contributed by atoms with Crippen LogP contribution >= 0.6 is 0 Å². The molecule has 94 valence electrons. The molecule has 0 saturated carbocycles. The summed E-state index contributed by atoms with van der Waals surface area (Å²) < 4.78 is 14.8. The van der Waals surface area contributed by atoms with Gasteiger partial charge in [-0.2, -0.15) is 0 Å². The Morgan fingerprint density at radius 2 is 1.95 bits per heavy atom. The van der Waals surface area contributed by atoms with Crippen LogP contribution in [0.5, 0.6) is 0 Å². The number of carbonyl (C=O) groups excluding carboxylic acids is 1. The van der Waals surface area contributed by atoms with Crippen LogP contribution in [0.15, 0.2) is 55.1 Å². The number of rotatable bonds is 3. The summed E-state index contributed by atoms with van der Waals surface area (Å²) in [5.41, 5.74) is 0.618. The van der Waals surface area contributed by atoms with Crippen LogP contribution < -0.4 is 0 Å². The van der Waals surface area contributed by atoms with Crippen LogP contribution in [0.3, 0.4) is 0 Å². The average Bonchev–Trinajstić information content (AvgIpc) is 2.91. The molecule has 0 saturated heterocycles. The van der Waals surface area contributed by atoms with Gasteiger partial charge in [0.05, 0.1) is 12.9 Å². The third-order valence-electron chi connectivity index (χ3n) is 3.01. The Bertz CT molecular complexity index is 735. The van der Waals surface area contributed by atoms with E-state index in [1.807, 2.05) is 0 Å². The van der Waals surface area contributed by atoms with E-state index in [0.29, 0.717) is 5.56 Å². The fourth-order valence-electron chi connectivity index (χ4n) is 2.03. The molecule has 4 heteroatoms. The Labute approximate surface area is 109 Å². The number of Topliss-reactive ketones (excluding diaryl/α,β-unsaturated/α-hetero) is 1. The minimum atomic E-state index is -0.273. The van der Waals surface area contributed by atoms with Gasteiger partial charge in [-0.15, -0.1) is 0 Å². The highest BCUT2D eigenvalue weighted by Crippen LogP contribution is 2.18. The normalized spacial score (nSPS) is 10.8. The SMILES string of the molecule is O=C(Cn1ccnc1)c1ccc2cc(F)ccc2c1. The maximum atomic E-state index is 13.1. The van der Waals surface area contributed by atoms with E-state index in [1.54, 1.807) is 47.6 Å². The fourth-order valence-corrected chi connectivity index (χ4v) is 2.03. The standard InChI is InChI=1S/C15H11FN2O/c16-14-4-3-11-7-13(2-1-12(11)8-14)15(19)9-18-6-5-17-10-18/h1-8,10H,9H2. The lowest BCUT2D eigenvalue weighted by atomic mass is 10.0. The van der Waals surface area contributed by atoms with E-state index in [9.17, 15) is 9.18 Å². The Kier molecular flexibility index (Phi) is 2.83. The summed E-state index contributed by atoms with van der Waals surface area (Å²) in [6.45, 7) is 0.257. The Morgan fingerprint density at radius 1 is 1.16 bits per heavy atom. The first-order chi connectivity index (χ1) is 9.22. The van der Waals surface area contributed by atoms with Crippen molar-refractivity contribution >= 4 is 16.6 Å². The maximum Gasteiger partial charge on any atom is 0.182 e. The first-order valence-electron chi connectivity index (χ1n) is 5.91. The Balaban J connectivity index is 1.92. The zero-order valence-corrected chi connectivity index (χ0v) is 10.1. The number of fused-ring (bicyclic) bond motifs is 1. The van der Waals surface area contributed by atoms with Gasteiger partial charge in [-0.05, 0) is 29.0 Å². The Morgan fingerprint density at radius 3 is 2.74 bits per heavy atom. The van der Waals surface area contributed by atoms with Crippen LogP contribution in [0.25, 0.3) is 10.8 Å². The van der Waals surface area contributed by atoms with E-state index in [4.69, 9.17) is 0 Å². The summed E-state index contributed by atoms with van der Waals surface area (Å²) >= 11 is 0. The van der Waals surface area contributed by atoms with Gasteiger partial charge in [-0.1, -0.05) is 18.2 Å². The summed E-state index contributed by atoms with van der Waals surface area (Å²) in [4.78, 5) is 16.0. The first-order valence-corrected chi connectivity index (χ1v) is 5.91. The number of hydrogen-bond donors (Lipinski definition) is 0. The smallest absolute Gasteiger partial charge is 0.182 e. The lowest BCUT2D eigenvalue weighted by molar-refractivity contribution is 0.0972. The number of aromatic nitrogens is 2. The zero-order valence-electron chi connectivity index (χ0n) is 10.1. The highest BCUT2D eigenvalue weighted by Gasteiger charge is 2.07. The van der Waals surface area contributed by atoms with Crippen LogP contribution in [-0.2, 0) is 6.54 Å². The summed E-state index contributed by atoms with van der Waals surface area (Å²) in [5, 5.41) is 1.65. The molecule has 3 rings (SSSR count). The molecule has 0 amide bonds. The van der Waals surface area contributed by atoms with Gasteiger partial charge in [0.1, 0.15) is 5.82 Å². The second-order valence-electron chi connectivity index (χ2n) is 4.36. The molecule has 0 unspecified atom stereocenters. The van der Waals surface area contributed by atoms with Crippen molar-refractivity contribution in [3.8, 4) is 0 Å². The summed E-state index contributed by atoms with van der Waals surface area (Å²) in [5.74, 6) is -0.269. The number of carbonyl (C=O) groups is 1. The molecule has 0 aliphatic rings. The molecule has 0 spiro atoms. The number of halogens is 1. The van der Waals surface area contributed by atoms with E-state index in [1.165, 1.54) is 12.1 Å². The predicted octanol–water partition coefficient (Wildman–Crippen LogP) is 3.06. The largest absolute Gasteiger partial charge is 0.330 e. The third kappa shape index (κ3) is 2.38. The highest BCUT2D eigenvalue weighted by atomic mass is 19.1. The quantitative estimate of drug-likeness (QED) is 0.673. The maximum absolute atomic E-state index is 13.1. The number of benzene rings is 2. The fraction of sp³-hybridized carbons (Fsp3) is 0.0667. The molecule has 0 N–H and O–H groups in total. The average molecular weight is 254 g/mol. The summed E-state index contributed by atoms with van der Waals surface area (Å²) in [7, 11) is 0. The molecular formula is C15H11FN2O.